The van der Waals surface area contributed by atoms with Gasteiger partial charge in [0.1, 0.15) is 0 Å². The van der Waals surface area contributed by atoms with Gasteiger partial charge in [0.15, 0.2) is 0 Å². The van der Waals surface area contributed by atoms with Crippen LogP contribution in [0.1, 0.15) is 25.3 Å². The lowest BCUT2D eigenvalue weighted by molar-refractivity contribution is -0.384. The van der Waals surface area contributed by atoms with E-state index in [1.807, 2.05) is 24.3 Å². The summed E-state index contributed by atoms with van der Waals surface area (Å²) in [5.41, 5.74) is 2.86. The first kappa shape index (κ1) is 17.5. The Bertz CT molecular complexity index is 699. The van der Waals surface area contributed by atoms with Gasteiger partial charge in [-0.3, -0.25) is 14.9 Å². The minimum atomic E-state index is -0.428. The number of para-hydroxylation sites is 1. The zero-order valence-electron chi connectivity index (χ0n) is 13.6. The average Bonchev–Trinajstić information content (AvgIpc) is 2.59. The number of hydrogen-bond acceptors (Lipinski definition) is 4. The zero-order valence-corrected chi connectivity index (χ0v) is 13.6. The quantitative estimate of drug-likeness (QED) is 0.436. The highest BCUT2D eigenvalue weighted by Gasteiger charge is 2.06. The minimum Gasteiger partial charge on any atom is -0.385 e. The van der Waals surface area contributed by atoms with Crippen molar-refractivity contribution in [3.63, 3.8) is 0 Å². The van der Waals surface area contributed by atoms with Crippen LogP contribution in [0.25, 0.3) is 0 Å². The molecule has 6 nitrogen and oxygen atoms in total. The number of hydrogen-bond donors (Lipinski definition) is 2. The van der Waals surface area contributed by atoms with Crippen LogP contribution in [0.5, 0.6) is 0 Å². The SMILES string of the molecule is CCc1ccccc1NC(=O)CCCNc1ccc([N+](=O)[O-])cc1. The number of nitrogens with zero attached hydrogens (tertiary/aromatic N) is 1. The number of benzene rings is 2. The number of rotatable bonds is 8. The van der Waals surface area contributed by atoms with Crippen LogP contribution in [0.2, 0.25) is 0 Å². The molecule has 0 spiro atoms. The molecule has 0 saturated heterocycles. The molecule has 2 N–H and O–H groups in total. The number of nitro benzene ring substituents is 1. The predicted molar refractivity (Wildman–Crippen MR) is 95.3 cm³/mol. The van der Waals surface area contributed by atoms with Crippen molar-refractivity contribution in [2.45, 2.75) is 26.2 Å². The molecule has 6 heteroatoms. The molecule has 0 aliphatic heterocycles. The van der Waals surface area contributed by atoms with E-state index in [2.05, 4.69) is 17.6 Å². The van der Waals surface area contributed by atoms with Crippen LogP contribution in [0.15, 0.2) is 48.5 Å². The van der Waals surface area contributed by atoms with E-state index in [1.54, 1.807) is 12.1 Å². The van der Waals surface area contributed by atoms with Crippen molar-refractivity contribution < 1.29 is 9.72 Å². The highest BCUT2D eigenvalue weighted by molar-refractivity contribution is 5.91. The van der Waals surface area contributed by atoms with Crippen molar-refractivity contribution in [1.29, 1.82) is 0 Å². The molecule has 2 aromatic carbocycles. The van der Waals surface area contributed by atoms with Gasteiger partial charge in [-0.1, -0.05) is 25.1 Å². The number of anilines is 2. The van der Waals surface area contributed by atoms with Crippen LogP contribution in [0.4, 0.5) is 17.1 Å². The summed E-state index contributed by atoms with van der Waals surface area (Å²) in [6.45, 7) is 2.68. The third-order valence-electron chi connectivity index (χ3n) is 3.66. The first-order chi connectivity index (χ1) is 11.6. The highest BCUT2D eigenvalue weighted by atomic mass is 16.6. The fourth-order valence-electron chi connectivity index (χ4n) is 2.35. The highest BCUT2D eigenvalue weighted by Crippen LogP contribution is 2.17. The molecule has 0 saturated carbocycles. The molecular formula is C18H21N3O3. The number of non-ortho nitro benzene ring substituents is 1. The molecule has 0 aromatic heterocycles. The third-order valence-corrected chi connectivity index (χ3v) is 3.66. The molecule has 0 radical (unpaired) electrons. The van der Waals surface area contributed by atoms with Gasteiger partial charge in [-0.15, -0.1) is 0 Å². The molecule has 0 bridgehead atoms. The van der Waals surface area contributed by atoms with Gasteiger partial charge in [0, 0.05) is 36.5 Å². The summed E-state index contributed by atoms with van der Waals surface area (Å²) in [7, 11) is 0. The van der Waals surface area contributed by atoms with E-state index in [9.17, 15) is 14.9 Å². The van der Waals surface area contributed by atoms with Gasteiger partial charge in [-0.2, -0.15) is 0 Å². The van der Waals surface area contributed by atoms with Crippen LogP contribution < -0.4 is 10.6 Å². The third kappa shape index (κ3) is 5.08. The number of nitrogens with one attached hydrogen (secondary N) is 2. The Hall–Kier alpha value is -2.89. The molecule has 24 heavy (non-hydrogen) atoms. The minimum absolute atomic E-state index is 0.0126. The van der Waals surface area contributed by atoms with Gasteiger partial charge in [-0.25, -0.2) is 0 Å². The van der Waals surface area contributed by atoms with Crippen LogP contribution in [0.3, 0.4) is 0 Å². The summed E-state index contributed by atoms with van der Waals surface area (Å²) in [5.74, 6) is -0.0126. The topological polar surface area (TPSA) is 84.3 Å². The fourth-order valence-corrected chi connectivity index (χ4v) is 2.35. The van der Waals surface area contributed by atoms with Crippen molar-refractivity contribution in [3.05, 3.63) is 64.2 Å². The maximum Gasteiger partial charge on any atom is 0.269 e. The molecule has 2 aromatic rings. The van der Waals surface area contributed by atoms with Gasteiger partial charge in [0.2, 0.25) is 5.91 Å². The predicted octanol–water partition coefficient (Wildman–Crippen LogP) is 3.99. The van der Waals surface area contributed by atoms with E-state index in [1.165, 1.54) is 12.1 Å². The van der Waals surface area contributed by atoms with Gasteiger partial charge in [0.25, 0.3) is 5.69 Å². The molecule has 1 amide bonds. The molecule has 0 heterocycles. The van der Waals surface area contributed by atoms with Crippen LogP contribution >= 0.6 is 0 Å². The molecular weight excluding hydrogens is 306 g/mol. The van der Waals surface area contributed by atoms with Crippen molar-refractivity contribution >= 4 is 23.0 Å². The largest absolute Gasteiger partial charge is 0.385 e. The van der Waals surface area contributed by atoms with E-state index in [-0.39, 0.29) is 11.6 Å². The van der Waals surface area contributed by atoms with Gasteiger partial charge in [-0.05, 0) is 36.6 Å². The molecule has 0 unspecified atom stereocenters. The standard InChI is InChI=1S/C18H21N3O3/c1-2-14-6-3-4-7-17(14)20-18(22)8-5-13-19-15-9-11-16(12-10-15)21(23)24/h3-4,6-7,9-12,19H,2,5,8,13H2,1H3,(H,20,22). The van der Waals surface area contributed by atoms with Gasteiger partial charge in [0.05, 0.1) is 4.92 Å². The lowest BCUT2D eigenvalue weighted by Gasteiger charge is -2.10. The Labute approximate surface area is 141 Å². The van der Waals surface area contributed by atoms with Crippen molar-refractivity contribution in [2.75, 3.05) is 17.2 Å². The summed E-state index contributed by atoms with van der Waals surface area (Å²) in [6, 6.07) is 14.0. The lowest BCUT2D eigenvalue weighted by Crippen LogP contribution is -2.14. The van der Waals surface area contributed by atoms with Crippen LogP contribution in [-0.4, -0.2) is 17.4 Å². The van der Waals surface area contributed by atoms with Crippen LogP contribution in [-0.2, 0) is 11.2 Å². The summed E-state index contributed by atoms with van der Waals surface area (Å²) in [6.07, 6.45) is 1.97. The van der Waals surface area contributed by atoms with E-state index in [0.29, 0.717) is 19.4 Å². The van der Waals surface area contributed by atoms with Crippen LogP contribution in [0, 0.1) is 10.1 Å². The van der Waals surface area contributed by atoms with E-state index >= 15 is 0 Å². The maximum absolute atomic E-state index is 12.0. The summed E-state index contributed by atoms with van der Waals surface area (Å²) in [5, 5.41) is 16.7. The van der Waals surface area contributed by atoms with Gasteiger partial charge >= 0.3 is 0 Å². The molecule has 126 valence electrons. The second kappa shape index (κ2) is 8.67. The summed E-state index contributed by atoms with van der Waals surface area (Å²) >= 11 is 0. The Kier molecular flexibility index (Phi) is 6.31. The lowest BCUT2D eigenvalue weighted by atomic mass is 10.1. The second-order valence-electron chi connectivity index (χ2n) is 5.39. The molecule has 0 aliphatic rings. The fraction of sp³-hybridized carbons (Fsp3) is 0.278. The first-order valence-corrected chi connectivity index (χ1v) is 7.96. The second-order valence-corrected chi connectivity index (χ2v) is 5.39. The smallest absolute Gasteiger partial charge is 0.269 e. The molecule has 0 fully saturated rings. The average molecular weight is 327 g/mol. The normalized spacial score (nSPS) is 10.2. The molecule has 2 rings (SSSR count). The Morgan fingerprint density at radius 2 is 1.83 bits per heavy atom. The number of aryl methyl sites for hydroxylation is 1. The number of amides is 1. The van der Waals surface area contributed by atoms with E-state index in [0.717, 1.165) is 23.4 Å². The Morgan fingerprint density at radius 1 is 1.12 bits per heavy atom. The molecule has 0 aliphatic carbocycles. The van der Waals surface area contributed by atoms with Crippen molar-refractivity contribution in [2.24, 2.45) is 0 Å². The van der Waals surface area contributed by atoms with E-state index in [4.69, 9.17) is 0 Å². The maximum atomic E-state index is 12.0. The first-order valence-electron chi connectivity index (χ1n) is 7.96. The summed E-state index contributed by atoms with van der Waals surface area (Å²) < 4.78 is 0. The number of carbonyl (C=O) groups excluding carboxylic acids is 1. The monoisotopic (exact) mass is 327 g/mol. The zero-order chi connectivity index (χ0) is 17.4. The van der Waals surface area contributed by atoms with Crippen molar-refractivity contribution in [3.8, 4) is 0 Å². The Morgan fingerprint density at radius 3 is 2.50 bits per heavy atom. The Balaban J connectivity index is 1.73. The number of carbonyl (C=O) groups is 1. The number of nitro groups is 1. The summed E-state index contributed by atoms with van der Waals surface area (Å²) in [4.78, 5) is 22.2. The van der Waals surface area contributed by atoms with Crippen molar-refractivity contribution in [1.82, 2.24) is 0 Å². The van der Waals surface area contributed by atoms with Gasteiger partial charge < -0.3 is 10.6 Å². The van der Waals surface area contributed by atoms with E-state index < -0.39 is 4.92 Å². The molecule has 0 atom stereocenters.